The fourth-order valence-electron chi connectivity index (χ4n) is 3.38. The second-order valence-corrected chi connectivity index (χ2v) is 10.7. The predicted molar refractivity (Wildman–Crippen MR) is 126 cm³/mol. The van der Waals surface area contributed by atoms with Crippen LogP contribution in [0.4, 0.5) is 4.79 Å². The first kappa shape index (κ1) is 20.4. The van der Waals surface area contributed by atoms with Gasteiger partial charge in [0.15, 0.2) is 0 Å². The highest BCUT2D eigenvalue weighted by atomic mass is 32.2. The van der Waals surface area contributed by atoms with Gasteiger partial charge in [-0.2, -0.15) is 5.10 Å². The Labute approximate surface area is 194 Å². The van der Waals surface area contributed by atoms with E-state index in [2.05, 4.69) is 5.10 Å². The van der Waals surface area contributed by atoms with Crippen LogP contribution in [0, 0.1) is 0 Å². The quantitative estimate of drug-likeness (QED) is 0.461. The molecular formula is C21H15N3O3S4. The monoisotopic (exact) mass is 485 g/mol. The van der Waals surface area contributed by atoms with Gasteiger partial charge in [0, 0.05) is 16.2 Å². The van der Waals surface area contributed by atoms with E-state index in [4.69, 9.17) is 0 Å². The molecule has 3 amide bonds. The third-order valence-corrected chi connectivity index (χ3v) is 8.45. The SMILES string of the molecule is O=C1S/C(=C\c2cccs2)C(=O)N1CC(=O)N1N=C(c2cccs2)CC1c1cccs1. The van der Waals surface area contributed by atoms with Gasteiger partial charge in [-0.25, -0.2) is 5.01 Å². The van der Waals surface area contributed by atoms with E-state index in [-0.39, 0.29) is 18.5 Å². The van der Waals surface area contributed by atoms with Crippen molar-refractivity contribution in [3.8, 4) is 0 Å². The highest BCUT2D eigenvalue weighted by Gasteiger charge is 2.40. The Bertz CT molecular complexity index is 1180. The van der Waals surface area contributed by atoms with Crippen LogP contribution in [0.15, 0.2) is 62.5 Å². The Morgan fingerprint density at radius 1 is 1.06 bits per heavy atom. The molecule has 3 aromatic rings. The van der Waals surface area contributed by atoms with E-state index >= 15 is 0 Å². The molecule has 31 heavy (non-hydrogen) atoms. The second-order valence-electron chi connectivity index (χ2n) is 6.78. The topological polar surface area (TPSA) is 70.1 Å². The first-order chi connectivity index (χ1) is 15.1. The van der Waals surface area contributed by atoms with Crippen molar-refractivity contribution in [3.63, 3.8) is 0 Å². The summed E-state index contributed by atoms with van der Waals surface area (Å²) < 4.78 is 0. The highest BCUT2D eigenvalue weighted by molar-refractivity contribution is 8.18. The van der Waals surface area contributed by atoms with E-state index in [9.17, 15) is 14.4 Å². The molecule has 0 spiro atoms. The largest absolute Gasteiger partial charge is 0.294 e. The molecule has 5 rings (SSSR count). The molecule has 1 atom stereocenters. The van der Waals surface area contributed by atoms with Gasteiger partial charge < -0.3 is 0 Å². The van der Waals surface area contributed by atoms with Crippen molar-refractivity contribution >= 4 is 74.6 Å². The molecule has 3 aromatic heterocycles. The molecular weight excluding hydrogens is 471 g/mol. The zero-order valence-electron chi connectivity index (χ0n) is 16.0. The van der Waals surface area contributed by atoms with Crippen molar-refractivity contribution in [2.24, 2.45) is 5.10 Å². The minimum absolute atomic E-state index is 0.230. The van der Waals surface area contributed by atoms with E-state index in [1.54, 1.807) is 28.7 Å². The van der Waals surface area contributed by atoms with Gasteiger partial charge >= 0.3 is 0 Å². The molecule has 2 aliphatic heterocycles. The summed E-state index contributed by atoms with van der Waals surface area (Å²) in [5.41, 5.74) is 0.841. The molecule has 1 saturated heterocycles. The fraction of sp³-hybridized carbons (Fsp3) is 0.143. The molecule has 0 bridgehead atoms. The average Bonchev–Trinajstić information content (AvgIpc) is 3.57. The van der Waals surface area contributed by atoms with Crippen LogP contribution in [-0.4, -0.2) is 39.2 Å². The maximum Gasteiger partial charge on any atom is 0.294 e. The number of carbonyl (C=O) groups is 3. The molecule has 2 aliphatic rings. The standard InChI is InChI=1S/C21H15N3O3S4/c25-19(12-23-20(26)18(31-21(23)27)10-13-4-1-7-28-13)24-15(17-6-3-9-30-17)11-14(22-24)16-5-2-8-29-16/h1-10,15H,11-12H2/b18-10-. The number of rotatable bonds is 5. The Morgan fingerprint density at radius 2 is 1.84 bits per heavy atom. The second kappa shape index (κ2) is 8.54. The lowest BCUT2D eigenvalue weighted by Gasteiger charge is -2.22. The van der Waals surface area contributed by atoms with Gasteiger partial charge in [0.1, 0.15) is 6.54 Å². The first-order valence-corrected chi connectivity index (χ1v) is 12.8. The van der Waals surface area contributed by atoms with Crippen molar-refractivity contribution in [2.75, 3.05) is 6.54 Å². The molecule has 0 radical (unpaired) electrons. The summed E-state index contributed by atoms with van der Waals surface area (Å²) >= 11 is 5.49. The summed E-state index contributed by atoms with van der Waals surface area (Å²) in [6.45, 7) is -0.324. The van der Waals surface area contributed by atoms with Crippen molar-refractivity contribution < 1.29 is 14.4 Å². The van der Waals surface area contributed by atoms with Gasteiger partial charge in [0.25, 0.3) is 17.1 Å². The molecule has 1 fully saturated rings. The fourth-order valence-corrected chi connectivity index (χ4v) is 6.47. The van der Waals surface area contributed by atoms with Crippen molar-refractivity contribution in [1.82, 2.24) is 9.91 Å². The van der Waals surface area contributed by atoms with Gasteiger partial charge in [-0.05, 0) is 52.2 Å². The molecule has 0 saturated carbocycles. The van der Waals surface area contributed by atoms with Crippen LogP contribution in [0.5, 0.6) is 0 Å². The van der Waals surface area contributed by atoms with Crippen molar-refractivity contribution in [1.29, 1.82) is 0 Å². The molecule has 5 heterocycles. The number of nitrogens with zero attached hydrogens (tertiary/aromatic N) is 3. The Morgan fingerprint density at radius 3 is 2.55 bits per heavy atom. The van der Waals surface area contributed by atoms with E-state index in [1.807, 2.05) is 52.5 Å². The van der Waals surface area contributed by atoms with Gasteiger partial charge in [-0.15, -0.1) is 34.0 Å². The molecule has 1 unspecified atom stereocenters. The van der Waals surface area contributed by atoms with Gasteiger partial charge in [0.2, 0.25) is 0 Å². The smallest absolute Gasteiger partial charge is 0.271 e. The number of hydrogen-bond acceptors (Lipinski definition) is 8. The predicted octanol–water partition coefficient (Wildman–Crippen LogP) is 5.29. The lowest BCUT2D eigenvalue weighted by Crippen LogP contribution is -2.40. The van der Waals surface area contributed by atoms with Crippen LogP contribution in [0.1, 0.15) is 27.1 Å². The van der Waals surface area contributed by atoms with Gasteiger partial charge in [-0.3, -0.25) is 19.3 Å². The number of thiophene rings is 3. The zero-order chi connectivity index (χ0) is 21.4. The minimum Gasteiger partial charge on any atom is -0.271 e. The molecule has 6 nitrogen and oxygen atoms in total. The third-order valence-electron chi connectivity index (χ3n) is 4.83. The number of amides is 3. The number of imide groups is 1. The zero-order valence-corrected chi connectivity index (χ0v) is 19.2. The first-order valence-electron chi connectivity index (χ1n) is 9.36. The summed E-state index contributed by atoms with van der Waals surface area (Å²) in [6.07, 6.45) is 2.30. The Kier molecular flexibility index (Phi) is 5.61. The van der Waals surface area contributed by atoms with Crippen LogP contribution in [0.2, 0.25) is 0 Å². The van der Waals surface area contributed by atoms with E-state index < -0.39 is 11.1 Å². The average molecular weight is 486 g/mol. The molecule has 0 aromatic carbocycles. The summed E-state index contributed by atoms with van der Waals surface area (Å²) in [7, 11) is 0. The maximum atomic E-state index is 13.2. The molecule has 156 valence electrons. The van der Waals surface area contributed by atoms with Gasteiger partial charge in [0.05, 0.1) is 21.5 Å². The van der Waals surface area contributed by atoms with E-state index in [1.165, 1.54) is 16.3 Å². The molecule has 0 N–H and O–H groups in total. The van der Waals surface area contributed by atoms with Crippen molar-refractivity contribution in [2.45, 2.75) is 12.5 Å². The van der Waals surface area contributed by atoms with Crippen LogP contribution >= 0.6 is 45.8 Å². The van der Waals surface area contributed by atoms with E-state index in [0.717, 1.165) is 37.0 Å². The summed E-state index contributed by atoms with van der Waals surface area (Å²) in [6, 6.07) is 11.4. The van der Waals surface area contributed by atoms with Crippen molar-refractivity contribution in [3.05, 3.63) is 72.1 Å². The lowest BCUT2D eigenvalue weighted by molar-refractivity contribution is -0.137. The number of hydrogen-bond donors (Lipinski definition) is 0. The highest BCUT2D eigenvalue weighted by Crippen LogP contribution is 2.37. The van der Waals surface area contributed by atoms with Crippen LogP contribution < -0.4 is 0 Å². The normalized spacial score (nSPS) is 20.2. The summed E-state index contributed by atoms with van der Waals surface area (Å²) in [4.78, 5) is 42.7. The summed E-state index contributed by atoms with van der Waals surface area (Å²) in [5.74, 6) is -0.810. The maximum absolute atomic E-state index is 13.2. The Hall–Kier alpha value is -2.53. The summed E-state index contributed by atoms with van der Waals surface area (Å²) in [5, 5.41) is 11.4. The molecule has 0 aliphatic carbocycles. The number of hydrazone groups is 1. The molecule has 10 heteroatoms. The lowest BCUT2D eigenvalue weighted by atomic mass is 10.1. The number of carbonyl (C=O) groups excluding carboxylic acids is 3. The van der Waals surface area contributed by atoms with Crippen LogP contribution in [-0.2, 0) is 9.59 Å². The third kappa shape index (κ3) is 4.03. The number of thioether (sulfide) groups is 1. The minimum atomic E-state index is -0.439. The van der Waals surface area contributed by atoms with Crippen LogP contribution in [0.25, 0.3) is 6.08 Å². The van der Waals surface area contributed by atoms with E-state index in [0.29, 0.717) is 11.3 Å². The Balaban J connectivity index is 1.38. The van der Waals surface area contributed by atoms with Gasteiger partial charge in [-0.1, -0.05) is 18.2 Å². The van der Waals surface area contributed by atoms with Crippen LogP contribution in [0.3, 0.4) is 0 Å².